The molecule has 0 bridgehead atoms. The second-order valence-electron chi connectivity index (χ2n) is 1.67. The molecule has 0 atom stereocenters. The first-order chi connectivity index (χ1) is 4.77. The van der Waals surface area contributed by atoms with Crippen LogP contribution in [0.15, 0.2) is 0 Å². The first-order valence-corrected chi connectivity index (χ1v) is 3.12. The van der Waals surface area contributed by atoms with E-state index in [1.54, 1.807) is 0 Å². The SMILES string of the molecule is CCCOCCO[N+](=O)[O-]. The molecule has 5 nitrogen and oxygen atoms in total. The number of ether oxygens (including phenoxy) is 1. The van der Waals surface area contributed by atoms with Crippen molar-refractivity contribution in [3.05, 3.63) is 10.1 Å². The molecule has 0 aromatic carbocycles. The monoisotopic (exact) mass is 149 g/mol. The maximum absolute atomic E-state index is 9.56. The molecule has 5 heteroatoms. The second-order valence-corrected chi connectivity index (χ2v) is 1.67. The topological polar surface area (TPSA) is 61.6 Å². The Morgan fingerprint density at radius 3 is 2.60 bits per heavy atom. The molecule has 0 N–H and O–H groups in total. The van der Waals surface area contributed by atoms with Crippen LogP contribution in [0.2, 0.25) is 0 Å². The van der Waals surface area contributed by atoms with Gasteiger partial charge in [-0.15, -0.1) is 10.1 Å². The van der Waals surface area contributed by atoms with Crippen molar-refractivity contribution in [3.8, 4) is 0 Å². The second kappa shape index (κ2) is 6.28. The summed E-state index contributed by atoms with van der Waals surface area (Å²) >= 11 is 0. The van der Waals surface area contributed by atoms with Crippen LogP contribution in [0.3, 0.4) is 0 Å². The molecule has 60 valence electrons. The smallest absolute Gasteiger partial charge is 0.294 e. The van der Waals surface area contributed by atoms with Gasteiger partial charge in [-0.2, -0.15) is 0 Å². The summed E-state index contributed by atoms with van der Waals surface area (Å²) in [6, 6.07) is 0. The average Bonchev–Trinajstić information content (AvgIpc) is 1.87. The van der Waals surface area contributed by atoms with E-state index >= 15 is 0 Å². The highest BCUT2D eigenvalue weighted by Gasteiger charge is 1.92. The quantitative estimate of drug-likeness (QED) is 0.315. The van der Waals surface area contributed by atoms with Crippen LogP contribution in [0.25, 0.3) is 0 Å². The Balaban J connectivity index is 2.84. The molecule has 0 aliphatic heterocycles. The van der Waals surface area contributed by atoms with Crippen LogP contribution in [-0.2, 0) is 9.57 Å². The van der Waals surface area contributed by atoms with Gasteiger partial charge in [0.05, 0.1) is 6.61 Å². The van der Waals surface area contributed by atoms with E-state index < -0.39 is 5.09 Å². The summed E-state index contributed by atoms with van der Waals surface area (Å²) in [5.74, 6) is 0. The fourth-order valence-electron chi connectivity index (χ4n) is 0.417. The van der Waals surface area contributed by atoms with E-state index in [-0.39, 0.29) is 13.2 Å². The predicted octanol–water partition coefficient (Wildman–Crippen LogP) is 0.621. The largest absolute Gasteiger partial charge is 0.379 e. The summed E-state index contributed by atoms with van der Waals surface area (Å²) in [5, 5.41) is 8.74. The number of hydrogen-bond acceptors (Lipinski definition) is 4. The Labute approximate surface area is 59.0 Å². The summed E-state index contributed by atoms with van der Waals surface area (Å²) in [5.41, 5.74) is 0. The van der Waals surface area contributed by atoms with Gasteiger partial charge in [-0.1, -0.05) is 6.92 Å². The van der Waals surface area contributed by atoms with Crippen LogP contribution in [-0.4, -0.2) is 24.9 Å². The van der Waals surface area contributed by atoms with Crippen molar-refractivity contribution < 1.29 is 14.7 Å². The molecule has 0 saturated carbocycles. The Morgan fingerprint density at radius 1 is 1.40 bits per heavy atom. The normalized spacial score (nSPS) is 9.30. The zero-order valence-electron chi connectivity index (χ0n) is 5.91. The summed E-state index contributed by atoms with van der Waals surface area (Å²) in [6.45, 7) is 2.90. The summed E-state index contributed by atoms with van der Waals surface area (Å²) in [7, 11) is 0. The molecule has 0 unspecified atom stereocenters. The molecule has 0 radical (unpaired) electrons. The van der Waals surface area contributed by atoms with E-state index in [0.717, 1.165) is 6.42 Å². The van der Waals surface area contributed by atoms with E-state index in [1.165, 1.54) is 0 Å². The van der Waals surface area contributed by atoms with Crippen molar-refractivity contribution in [2.45, 2.75) is 13.3 Å². The van der Waals surface area contributed by atoms with Gasteiger partial charge >= 0.3 is 0 Å². The third-order valence-corrected chi connectivity index (χ3v) is 0.773. The van der Waals surface area contributed by atoms with E-state index in [9.17, 15) is 10.1 Å². The highest BCUT2D eigenvalue weighted by atomic mass is 17.0. The minimum absolute atomic E-state index is 0.0208. The van der Waals surface area contributed by atoms with Gasteiger partial charge in [0.15, 0.2) is 0 Å². The van der Waals surface area contributed by atoms with E-state index in [4.69, 9.17) is 4.74 Å². The van der Waals surface area contributed by atoms with Gasteiger partial charge in [0.1, 0.15) is 6.61 Å². The zero-order chi connectivity index (χ0) is 7.82. The summed E-state index contributed by atoms with van der Waals surface area (Å²) < 4.78 is 4.90. The van der Waals surface area contributed by atoms with Crippen LogP contribution >= 0.6 is 0 Å². The van der Waals surface area contributed by atoms with Crippen LogP contribution in [0.5, 0.6) is 0 Å². The van der Waals surface area contributed by atoms with Gasteiger partial charge in [0, 0.05) is 6.61 Å². The van der Waals surface area contributed by atoms with Crippen molar-refractivity contribution in [1.82, 2.24) is 0 Å². The molecule has 0 fully saturated rings. The summed E-state index contributed by atoms with van der Waals surface area (Å²) in [4.78, 5) is 13.5. The summed E-state index contributed by atoms with van der Waals surface area (Å²) in [6.07, 6.45) is 0.915. The molecule has 0 saturated heterocycles. The van der Waals surface area contributed by atoms with Gasteiger partial charge in [-0.3, -0.25) is 0 Å². The molecule has 0 heterocycles. The lowest BCUT2D eigenvalue weighted by atomic mass is 10.5. The molecular formula is C5H11NO4. The average molecular weight is 149 g/mol. The molecular weight excluding hydrogens is 138 g/mol. The Bertz CT molecular complexity index is 95.6. The van der Waals surface area contributed by atoms with Gasteiger partial charge in [0.25, 0.3) is 5.09 Å². The maximum Gasteiger partial charge on any atom is 0.294 e. The number of nitrogens with zero attached hydrogens (tertiary/aromatic N) is 1. The van der Waals surface area contributed by atoms with Crippen molar-refractivity contribution in [1.29, 1.82) is 0 Å². The Morgan fingerprint density at radius 2 is 2.10 bits per heavy atom. The number of hydrogen-bond donors (Lipinski definition) is 0. The fraction of sp³-hybridized carbons (Fsp3) is 1.00. The predicted molar refractivity (Wildman–Crippen MR) is 34.1 cm³/mol. The molecule has 0 aromatic heterocycles. The molecule has 10 heavy (non-hydrogen) atoms. The van der Waals surface area contributed by atoms with Crippen LogP contribution in [0.1, 0.15) is 13.3 Å². The van der Waals surface area contributed by atoms with Gasteiger partial charge in [0.2, 0.25) is 0 Å². The first kappa shape index (κ1) is 9.16. The van der Waals surface area contributed by atoms with E-state index in [2.05, 4.69) is 4.84 Å². The Hall–Kier alpha value is -0.840. The third kappa shape index (κ3) is 7.16. The van der Waals surface area contributed by atoms with Crippen molar-refractivity contribution in [2.75, 3.05) is 19.8 Å². The lowest BCUT2D eigenvalue weighted by molar-refractivity contribution is -0.758. The number of rotatable bonds is 6. The van der Waals surface area contributed by atoms with Crippen molar-refractivity contribution in [3.63, 3.8) is 0 Å². The molecule has 0 aliphatic carbocycles. The van der Waals surface area contributed by atoms with Crippen LogP contribution in [0.4, 0.5) is 0 Å². The fourth-order valence-corrected chi connectivity index (χ4v) is 0.417. The van der Waals surface area contributed by atoms with Gasteiger partial charge in [-0.25, -0.2) is 0 Å². The van der Waals surface area contributed by atoms with Crippen molar-refractivity contribution in [2.24, 2.45) is 0 Å². The molecule has 0 rings (SSSR count). The van der Waals surface area contributed by atoms with Gasteiger partial charge < -0.3 is 9.57 Å². The lowest BCUT2D eigenvalue weighted by Crippen LogP contribution is -2.08. The first-order valence-electron chi connectivity index (χ1n) is 3.12. The lowest BCUT2D eigenvalue weighted by Gasteiger charge is -1.99. The zero-order valence-corrected chi connectivity index (χ0v) is 5.91. The van der Waals surface area contributed by atoms with Gasteiger partial charge in [-0.05, 0) is 6.42 Å². The highest BCUT2D eigenvalue weighted by Crippen LogP contribution is 1.81. The molecule has 0 amide bonds. The van der Waals surface area contributed by atoms with E-state index in [0.29, 0.717) is 6.61 Å². The van der Waals surface area contributed by atoms with Crippen LogP contribution < -0.4 is 0 Å². The standard InChI is InChI=1S/C5H11NO4/c1-2-3-9-4-5-10-6(7)8/h2-5H2,1H3. The molecule has 0 aliphatic rings. The third-order valence-electron chi connectivity index (χ3n) is 0.773. The molecule has 0 aromatic rings. The van der Waals surface area contributed by atoms with E-state index in [1.807, 2.05) is 6.92 Å². The molecule has 0 spiro atoms. The minimum atomic E-state index is -0.824. The van der Waals surface area contributed by atoms with Crippen LogP contribution in [0, 0.1) is 10.1 Å². The maximum atomic E-state index is 9.56. The Kier molecular flexibility index (Phi) is 5.75. The van der Waals surface area contributed by atoms with Crippen molar-refractivity contribution >= 4 is 0 Å². The minimum Gasteiger partial charge on any atom is -0.379 e. The highest BCUT2D eigenvalue weighted by molar-refractivity contribution is 4.26.